The van der Waals surface area contributed by atoms with E-state index in [1.165, 1.54) is 0 Å². The van der Waals surface area contributed by atoms with Crippen LogP contribution in [0.15, 0.2) is 47.3 Å². The van der Waals surface area contributed by atoms with E-state index in [1.807, 2.05) is 0 Å². The number of rotatable bonds is 2. The minimum atomic E-state index is -0.710. The van der Waals surface area contributed by atoms with Gasteiger partial charge in [0.1, 0.15) is 11.3 Å². The molecule has 0 spiro atoms. The summed E-state index contributed by atoms with van der Waals surface area (Å²) in [6.45, 7) is 0.123. The van der Waals surface area contributed by atoms with Gasteiger partial charge in [0.25, 0.3) is 11.5 Å². The van der Waals surface area contributed by atoms with Crippen molar-refractivity contribution in [1.82, 2.24) is 4.98 Å². The van der Waals surface area contributed by atoms with Gasteiger partial charge in [-0.3, -0.25) is 9.59 Å². The number of aromatic amines is 1. The van der Waals surface area contributed by atoms with Gasteiger partial charge in [-0.05, 0) is 24.3 Å². The fraction of sp³-hybridized carbons (Fsp3) is 0.0588. The summed E-state index contributed by atoms with van der Waals surface area (Å²) in [5.74, 6) is 0.0230. The molecule has 0 atom stereocenters. The summed E-state index contributed by atoms with van der Waals surface area (Å²) >= 11 is 0. The number of para-hydroxylation sites is 1. The van der Waals surface area contributed by atoms with Gasteiger partial charge in [-0.1, -0.05) is 12.1 Å². The quantitative estimate of drug-likeness (QED) is 0.671. The molecule has 1 aliphatic heterocycles. The van der Waals surface area contributed by atoms with Crippen LogP contribution in [-0.4, -0.2) is 22.8 Å². The maximum Gasteiger partial charge on any atom is 0.265 e. The van der Waals surface area contributed by atoms with Gasteiger partial charge in [-0.2, -0.15) is 0 Å². The van der Waals surface area contributed by atoms with Crippen molar-refractivity contribution in [2.45, 2.75) is 0 Å². The van der Waals surface area contributed by atoms with Crippen molar-refractivity contribution in [2.75, 3.05) is 12.1 Å². The number of anilines is 1. The molecule has 0 aliphatic carbocycles. The summed E-state index contributed by atoms with van der Waals surface area (Å²) in [4.78, 5) is 27.2. The van der Waals surface area contributed by atoms with Gasteiger partial charge in [0.2, 0.25) is 6.79 Å². The molecule has 120 valence electrons. The first-order valence-corrected chi connectivity index (χ1v) is 7.18. The second-order valence-corrected chi connectivity index (χ2v) is 5.25. The highest BCUT2D eigenvalue weighted by Gasteiger charge is 2.20. The van der Waals surface area contributed by atoms with Gasteiger partial charge >= 0.3 is 0 Å². The zero-order chi connectivity index (χ0) is 16.7. The van der Waals surface area contributed by atoms with Crippen LogP contribution in [-0.2, 0) is 0 Å². The third-order valence-corrected chi connectivity index (χ3v) is 3.75. The lowest BCUT2D eigenvalue weighted by molar-refractivity contribution is 0.102. The third kappa shape index (κ3) is 2.23. The van der Waals surface area contributed by atoms with E-state index >= 15 is 0 Å². The first-order valence-electron chi connectivity index (χ1n) is 7.18. The zero-order valence-corrected chi connectivity index (χ0v) is 12.3. The van der Waals surface area contributed by atoms with E-state index in [2.05, 4.69) is 10.3 Å². The van der Waals surface area contributed by atoms with Crippen LogP contribution >= 0.6 is 0 Å². The predicted octanol–water partition coefficient (Wildman–Crippen LogP) is 2.21. The second kappa shape index (κ2) is 5.31. The van der Waals surface area contributed by atoms with Crippen LogP contribution in [0.4, 0.5) is 5.69 Å². The molecule has 1 amide bonds. The Kier molecular flexibility index (Phi) is 3.13. The lowest BCUT2D eigenvalue weighted by atomic mass is 10.1. The summed E-state index contributed by atoms with van der Waals surface area (Å²) in [5.41, 5.74) is -0.119. The molecule has 3 aromatic rings. The largest absolute Gasteiger partial charge is 0.506 e. The summed E-state index contributed by atoms with van der Waals surface area (Å²) in [6, 6.07) is 11.6. The van der Waals surface area contributed by atoms with Crippen LogP contribution in [0.25, 0.3) is 10.9 Å². The number of hydrogen-bond acceptors (Lipinski definition) is 5. The maximum absolute atomic E-state index is 12.4. The minimum absolute atomic E-state index is 0.123. The van der Waals surface area contributed by atoms with Crippen molar-refractivity contribution in [3.63, 3.8) is 0 Å². The number of nitrogens with one attached hydrogen (secondary N) is 2. The predicted molar refractivity (Wildman–Crippen MR) is 86.8 cm³/mol. The number of pyridine rings is 1. The first-order chi connectivity index (χ1) is 11.6. The molecule has 2 heterocycles. The smallest absolute Gasteiger partial charge is 0.265 e. The Bertz CT molecular complexity index is 1030. The summed E-state index contributed by atoms with van der Waals surface area (Å²) < 4.78 is 10.4. The number of H-pyrrole nitrogens is 1. The number of benzene rings is 2. The number of hydrogen-bond donors (Lipinski definition) is 3. The topological polar surface area (TPSA) is 101 Å². The maximum atomic E-state index is 12.4. The summed E-state index contributed by atoms with van der Waals surface area (Å²) in [5, 5.41) is 13.3. The highest BCUT2D eigenvalue weighted by molar-refractivity contribution is 6.09. The van der Waals surface area contributed by atoms with Crippen LogP contribution in [0.3, 0.4) is 0 Å². The molecule has 2 aromatic carbocycles. The minimum Gasteiger partial charge on any atom is -0.506 e. The van der Waals surface area contributed by atoms with Gasteiger partial charge in [0, 0.05) is 17.1 Å². The molecule has 0 bridgehead atoms. The van der Waals surface area contributed by atoms with Crippen molar-refractivity contribution in [1.29, 1.82) is 0 Å². The highest BCUT2D eigenvalue weighted by atomic mass is 16.7. The average Bonchev–Trinajstić information content (AvgIpc) is 3.02. The van der Waals surface area contributed by atoms with Crippen LogP contribution in [0.1, 0.15) is 10.4 Å². The molecule has 1 aromatic heterocycles. The average molecular weight is 324 g/mol. The van der Waals surface area contributed by atoms with Gasteiger partial charge in [-0.15, -0.1) is 0 Å². The number of carbonyl (C=O) groups excluding carboxylic acids is 1. The zero-order valence-electron chi connectivity index (χ0n) is 12.3. The number of ether oxygens (including phenoxy) is 2. The summed E-state index contributed by atoms with van der Waals surface area (Å²) in [7, 11) is 0. The fourth-order valence-corrected chi connectivity index (χ4v) is 2.60. The molecule has 24 heavy (non-hydrogen) atoms. The van der Waals surface area contributed by atoms with E-state index in [1.54, 1.807) is 42.5 Å². The van der Waals surface area contributed by atoms with Crippen molar-refractivity contribution < 1.29 is 19.4 Å². The van der Waals surface area contributed by atoms with Crippen LogP contribution in [0, 0.1) is 0 Å². The van der Waals surface area contributed by atoms with Crippen LogP contribution in [0.2, 0.25) is 0 Å². The van der Waals surface area contributed by atoms with Crippen molar-refractivity contribution in [3.05, 3.63) is 58.4 Å². The van der Waals surface area contributed by atoms with E-state index in [0.29, 0.717) is 28.1 Å². The van der Waals surface area contributed by atoms with Gasteiger partial charge in [0.15, 0.2) is 11.5 Å². The molecular formula is C17H12N2O5. The first kappa shape index (κ1) is 14.1. The Morgan fingerprint density at radius 1 is 1.12 bits per heavy atom. The monoisotopic (exact) mass is 324 g/mol. The van der Waals surface area contributed by atoms with Crippen LogP contribution in [0.5, 0.6) is 17.2 Å². The molecule has 7 heteroatoms. The van der Waals surface area contributed by atoms with E-state index in [-0.39, 0.29) is 18.1 Å². The molecule has 3 N–H and O–H groups in total. The number of aromatic nitrogens is 1. The Labute approximate surface area is 135 Å². The SMILES string of the molecule is O=C(Nc1ccc2c(c1)OCO2)c1c(O)c2ccccc2[nH]c1=O. The molecule has 1 aliphatic rings. The van der Waals surface area contributed by atoms with Crippen molar-refractivity contribution in [2.24, 2.45) is 0 Å². The normalized spacial score (nSPS) is 12.3. The molecule has 7 nitrogen and oxygen atoms in total. The highest BCUT2D eigenvalue weighted by Crippen LogP contribution is 2.34. The Morgan fingerprint density at radius 2 is 1.92 bits per heavy atom. The Balaban J connectivity index is 1.72. The number of aromatic hydroxyl groups is 1. The van der Waals surface area contributed by atoms with Gasteiger partial charge in [-0.25, -0.2) is 0 Å². The van der Waals surface area contributed by atoms with Gasteiger partial charge in [0.05, 0.1) is 5.52 Å². The van der Waals surface area contributed by atoms with Crippen LogP contribution < -0.4 is 20.3 Å². The van der Waals surface area contributed by atoms with E-state index in [0.717, 1.165) is 0 Å². The fourth-order valence-electron chi connectivity index (χ4n) is 2.60. The van der Waals surface area contributed by atoms with E-state index < -0.39 is 11.5 Å². The molecule has 0 saturated carbocycles. The standard InChI is InChI=1S/C17H12N2O5/c20-15-10-3-1-2-4-11(10)19-17(22)14(15)16(21)18-9-5-6-12-13(7-9)24-8-23-12/h1-7H,8H2,(H,18,21)(H2,19,20,22). The molecule has 4 rings (SSSR count). The van der Waals surface area contributed by atoms with E-state index in [4.69, 9.17) is 9.47 Å². The molecule has 0 fully saturated rings. The number of amides is 1. The van der Waals surface area contributed by atoms with E-state index in [9.17, 15) is 14.7 Å². The summed E-state index contributed by atoms with van der Waals surface area (Å²) in [6.07, 6.45) is 0. The molecular weight excluding hydrogens is 312 g/mol. The Hall–Kier alpha value is -3.48. The third-order valence-electron chi connectivity index (χ3n) is 3.75. The number of fused-ring (bicyclic) bond motifs is 2. The lowest BCUT2D eigenvalue weighted by Crippen LogP contribution is -2.23. The molecule has 0 unspecified atom stereocenters. The number of carbonyl (C=O) groups is 1. The molecule has 0 saturated heterocycles. The van der Waals surface area contributed by atoms with Crippen molar-refractivity contribution >= 4 is 22.5 Å². The lowest BCUT2D eigenvalue weighted by Gasteiger charge is -2.09. The van der Waals surface area contributed by atoms with Gasteiger partial charge < -0.3 is 24.9 Å². The second-order valence-electron chi connectivity index (χ2n) is 5.25. The molecule has 0 radical (unpaired) electrons. The van der Waals surface area contributed by atoms with Crippen molar-refractivity contribution in [3.8, 4) is 17.2 Å². The Morgan fingerprint density at radius 3 is 2.79 bits per heavy atom.